The predicted molar refractivity (Wildman–Crippen MR) is 69.6 cm³/mol. The second-order valence-electron chi connectivity index (χ2n) is 4.49. The Balaban J connectivity index is 1.98. The highest BCUT2D eigenvalue weighted by Gasteiger charge is 2.27. The average Bonchev–Trinajstić information content (AvgIpc) is 2.46. The molecule has 2 amide bonds. The molecule has 0 radical (unpaired) electrons. The summed E-state index contributed by atoms with van der Waals surface area (Å²) in [6, 6.07) is 8.52. The number of ketones is 1. The molecular weight excluding hydrogens is 244 g/mol. The Hall–Kier alpha value is -2.17. The SMILES string of the molecule is CC(=O)N1CCN(C(=O)C(=O)c2ccccc2)CC1. The van der Waals surface area contributed by atoms with E-state index < -0.39 is 11.7 Å². The van der Waals surface area contributed by atoms with E-state index in [0.29, 0.717) is 31.7 Å². The van der Waals surface area contributed by atoms with Gasteiger partial charge in [-0.15, -0.1) is 0 Å². The Morgan fingerprint density at radius 3 is 1.95 bits per heavy atom. The van der Waals surface area contributed by atoms with Crippen molar-refractivity contribution in [3.63, 3.8) is 0 Å². The van der Waals surface area contributed by atoms with Crippen molar-refractivity contribution >= 4 is 17.6 Å². The Bertz CT molecular complexity index is 491. The lowest BCUT2D eigenvalue weighted by Crippen LogP contribution is -2.51. The third-order valence-corrected chi connectivity index (χ3v) is 3.24. The molecule has 0 aromatic heterocycles. The lowest BCUT2D eigenvalue weighted by molar-refractivity contribution is -0.135. The van der Waals surface area contributed by atoms with E-state index in [1.807, 2.05) is 0 Å². The summed E-state index contributed by atoms with van der Waals surface area (Å²) in [5.41, 5.74) is 0.404. The number of hydrogen-bond acceptors (Lipinski definition) is 3. The molecule has 5 nitrogen and oxygen atoms in total. The van der Waals surface area contributed by atoms with Gasteiger partial charge in [0.05, 0.1) is 0 Å². The summed E-state index contributed by atoms with van der Waals surface area (Å²) >= 11 is 0. The summed E-state index contributed by atoms with van der Waals surface area (Å²) in [4.78, 5) is 38.4. The molecule has 100 valence electrons. The average molecular weight is 260 g/mol. The van der Waals surface area contributed by atoms with Gasteiger partial charge in [0, 0.05) is 38.7 Å². The summed E-state index contributed by atoms with van der Waals surface area (Å²) < 4.78 is 0. The van der Waals surface area contributed by atoms with Crippen LogP contribution in [0.1, 0.15) is 17.3 Å². The first-order valence-electron chi connectivity index (χ1n) is 6.24. The topological polar surface area (TPSA) is 57.7 Å². The van der Waals surface area contributed by atoms with Gasteiger partial charge in [-0.25, -0.2) is 0 Å². The molecular formula is C14H16N2O3. The van der Waals surface area contributed by atoms with Gasteiger partial charge in [0.25, 0.3) is 5.91 Å². The first-order chi connectivity index (χ1) is 9.09. The van der Waals surface area contributed by atoms with Crippen LogP contribution in [0, 0.1) is 0 Å². The number of Topliss-reactive ketones (excluding diaryl/α,β-unsaturated/α-hetero) is 1. The van der Waals surface area contributed by atoms with Gasteiger partial charge >= 0.3 is 0 Å². The predicted octanol–water partition coefficient (Wildman–Crippen LogP) is 0.560. The molecule has 0 N–H and O–H groups in total. The monoisotopic (exact) mass is 260 g/mol. The van der Waals surface area contributed by atoms with Crippen LogP contribution in [0.5, 0.6) is 0 Å². The van der Waals surface area contributed by atoms with Crippen LogP contribution in [-0.4, -0.2) is 53.6 Å². The number of rotatable bonds is 2. The summed E-state index contributed by atoms with van der Waals surface area (Å²) in [5.74, 6) is -0.979. The van der Waals surface area contributed by atoms with Gasteiger partial charge in [0.2, 0.25) is 11.7 Å². The molecule has 0 aliphatic carbocycles. The van der Waals surface area contributed by atoms with Crippen LogP contribution in [0.4, 0.5) is 0 Å². The third-order valence-electron chi connectivity index (χ3n) is 3.24. The molecule has 1 aliphatic heterocycles. The van der Waals surface area contributed by atoms with Crippen LogP contribution in [0.2, 0.25) is 0 Å². The van der Waals surface area contributed by atoms with E-state index in [-0.39, 0.29) is 5.91 Å². The Labute approximate surface area is 111 Å². The number of benzene rings is 1. The fourth-order valence-electron chi connectivity index (χ4n) is 2.08. The molecule has 1 fully saturated rings. The zero-order chi connectivity index (χ0) is 13.8. The normalized spacial score (nSPS) is 15.2. The smallest absolute Gasteiger partial charge is 0.295 e. The summed E-state index contributed by atoms with van der Waals surface area (Å²) in [6.45, 7) is 3.31. The molecule has 5 heteroatoms. The van der Waals surface area contributed by atoms with Crippen LogP contribution in [0.3, 0.4) is 0 Å². The standard InChI is InChI=1S/C14H16N2O3/c1-11(17)15-7-9-16(10-8-15)14(19)13(18)12-5-3-2-4-6-12/h2-6H,7-10H2,1H3. The molecule has 2 rings (SSSR count). The van der Waals surface area contributed by atoms with Gasteiger partial charge in [0.1, 0.15) is 0 Å². The van der Waals surface area contributed by atoms with E-state index in [1.54, 1.807) is 35.2 Å². The Kier molecular flexibility index (Phi) is 3.94. The number of nitrogens with zero attached hydrogens (tertiary/aromatic N) is 2. The molecule has 19 heavy (non-hydrogen) atoms. The molecule has 1 aromatic rings. The van der Waals surface area contributed by atoms with Crippen molar-refractivity contribution in [3.8, 4) is 0 Å². The van der Waals surface area contributed by atoms with E-state index in [2.05, 4.69) is 0 Å². The van der Waals surface area contributed by atoms with Crippen LogP contribution in [0.15, 0.2) is 30.3 Å². The van der Waals surface area contributed by atoms with Crippen molar-refractivity contribution in [1.82, 2.24) is 9.80 Å². The van der Waals surface area contributed by atoms with E-state index in [4.69, 9.17) is 0 Å². The molecule has 0 bridgehead atoms. The highest BCUT2D eigenvalue weighted by molar-refractivity contribution is 6.42. The van der Waals surface area contributed by atoms with Gasteiger partial charge in [-0.1, -0.05) is 30.3 Å². The molecule has 1 heterocycles. The molecule has 1 saturated heterocycles. The lowest BCUT2D eigenvalue weighted by atomic mass is 10.1. The van der Waals surface area contributed by atoms with Gasteiger partial charge in [-0.05, 0) is 0 Å². The van der Waals surface area contributed by atoms with Gasteiger partial charge in [0.15, 0.2) is 0 Å². The van der Waals surface area contributed by atoms with E-state index >= 15 is 0 Å². The van der Waals surface area contributed by atoms with Crippen LogP contribution in [0.25, 0.3) is 0 Å². The number of carbonyl (C=O) groups is 3. The fraction of sp³-hybridized carbons (Fsp3) is 0.357. The van der Waals surface area contributed by atoms with Gasteiger partial charge in [-0.3, -0.25) is 14.4 Å². The van der Waals surface area contributed by atoms with Gasteiger partial charge < -0.3 is 9.80 Å². The maximum atomic E-state index is 12.0. The first kappa shape index (κ1) is 13.3. The van der Waals surface area contributed by atoms with Crippen molar-refractivity contribution < 1.29 is 14.4 Å². The molecule has 0 saturated carbocycles. The molecule has 0 atom stereocenters. The minimum Gasteiger partial charge on any atom is -0.339 e. The molecule has 0 unspecified atom stereocenters. The summed E-state index contributed by atoms with van der Waals surface area (Å²) in [6.07, 6.45) is 0. The van der Waals surface area contributed by atoms with Crippen LogP contribution >= 0.6 is 0 Å². The number of carbonyl (C=O) groups excluding carboxylic acids is 3. The number of amides is 2. The zero-order valence-electron chi connectivity index (χ0n) is 10.8. The van der Waals surface area contributed by atoms with Crippen molar-refractivity contribution in [3.05, 3.63) is 35.9 Å². The lowest BCUT2D eigenvalue weighted by Gasteiger charge is -2.33. The quantitative estimate of drug-likeness (QED) is 0.576. The minimum absolute atomic E-state index is 0.00137. The largest absolute Gasteiger partial charge is 0.339 e. The Morgan fingerprint density at radius 2 is 1.42 bits per heavy atom. The maximum absolute atomic E-state index is 12.0. The molecule has 1 aromatic carbocycles. The van der Waals surface area contributed by atoms with Crippen LogP contribution in [-0.2, 0) is 9.59 Å². The zero-order valence-corrected chi connectivity index (χ0v) is 10.8. The Morgan fingerprint density at radius 1 is 0.895 bits per heavy atom. The molecule has 0 spiro atoms. The van der Waals surface area contributed by atoms with Crippen molar-refractivity contribution in [1.29, 1.82) is 0 Å². The van der Waals surface area contributed by atoms with E-state index in [0.717, 1.165) is 0 Å². The second kappa shape index (κ2) is 5.65. The highest BCUT2D eigenvalue weighted by Crippen LogP contribution is 2.07. The first-order valence-corrected chi connectivity index (χ1v) is 6.24. The molecule has 1 aliphatic rings. The summed E-state index contributed by atoms with van der Waals surface area (Å²) in [5, 5.41) is 0. The van der Waals surface area contributed by atoms with Crippen LogP contribution < -0.4 is 0 Å². The van der Waals surface area contributed by atoms with E-state index in [1.165, 1.54) is 11.8 Å². The van der Waals surface area contributed by atoms with Gasteiger partial charge in [-0.2, -0.15) is 0 Å². The number of hydrogen-bond donors (Lipinski definition) is 0. The fourth-order valence-corrected chi connectivity index (χ4v) is 2.08. The minimum atomic E-state index is -0.491. The summed E-state index contributed by atoms with van der Waals surface area (Å²) in [7, 11) is 0. The van der Waals surface area contributed by atoms with Crippen molar-refractivity contribution in [2.75, 3.05) is 26.2 Å². The third kappa shape index (κ3) is 2.99. The highest BCUT2D eigenvalue weighted by atomic mass is 16.2. The second-order valence-corrected chi connectivity index (χ2v) is 4.49. The van der Waals surface area contributed by atoms with E-state index in [9.17, 15) is 14.4 Å². The maximum Gasteiger partial charge on any atom is 0.295 e. The number of piperazine rings is 1. The van der Waals surface area contributed by atoms with Crippen molar-refractivity contribution in [2.45, 2.75) is 6.92 Å². The van der Waals surface area contributed by atoms with Crippen molar-refractivity contribution in [2.24, 2.45) is 0 Å².